The molecule has 0 amide bonds. The van der Waals surface area contributed by atoms with Crippen LogP contribution in [0.2, 0.25) is 10.0 Å². The predicted octanol–water partition coefficient (Wildman–Crippen LogP) is 3.08. The minimum absolute atomic E-state index is 0.0832. The normalized spacial score (nSPS) is 10.6. The third kappa shape index (κ3) is 3.02. The average molecular weight is 363 g/mol. The van der Waals surface area contributed by atoms with Gasteiger partial charge in [0.1, 0.15) is 0 Å². The van der Waals surface area contributed by atoms with Crippen molar-refractivity contribution in [2.24, 2.45) is 0 Å². The number of ketones is 2. The van der Waals surface area contributed by atoms with Crippen molar-refractivity contribution in [2.45, 2.75) is 0 Å². The summed E-state index contributed by atoms with van der Waals surface area (Å²) in [6.07, 6.45) is 0. The van der Waals surface area contributed by atoms with Crippen LogP contribution in [-0.2, 0) is 0 Å². The Morgan fingerprint density at radius 2 is 1.33 bits per heavy atom. The minimum Gasteiger partial charge on any atom is -0.359 e. The van der Waals surface area contributed by atoms with Crippen molar-refractivity contribution in [3.05, 3.63) is 86.3 Å². The maximum atomic E-state index is 12.5. The Morgan fingerprint density at radius 3 is 1.83 bits per heavy atom. The Kier molecular flexibility index (Phi) is 4.33. The number of rotatable bonds is 4. The van der Waals surface area contributed by atoms with E-state index in [4.69, 9.17) is 23.2 Å². The molecule has 0 unspecified atom stereocenters. The summed E-state index contributed by atoms with van der Waals surface area (Å²) in [6, 6.07) is 11.8. The lowest BCUT2D eigenvalue weighted by Gasteiger charge is -2.00. The van der Waals surface area contributed by atoms with Gasteiger partial charge in [-0.25, -0.2) is 0 Å². The second-order valence-electron chi connectivity index (χ2n) is 4.80. The van der Waals surface area contributed by atoms with Gasteiger partial charge in [0.15, 0.2) is 0 Å². The van der Waals surface area contributed by atoms with E-state index in [0.29, 0.717) is 10.0 Å². The number of carbonyl (C=O) groups is 2. The maximum Gasteiger partial charge on any atom is 0.300 e. The monoisotopic (exact) mass is 362 g/mol. The first-order chi connectivity index (χ1) is 11.5. The van der Waals surface area contributed by atoms with Crippen molar-refractivity contribution in [3.8, 4) is 0 Å². The largest absolute Gasteiger partial charge is 0.359 e. The van der Waals surface area contributed by atoms with E-state index < -0.39 is 17.3 Å². The zero-order valence-electron chi connectivity index (χ0n) is 11.9. The van der Waals surface area contributed by atoms with E-state index in [1.165, 1.54) is 48.5 Å². The van der Waals surface area contributed by atoms with Crippen LogP contribution >= 0.6 is 23.2 Å². The third-order valence-electron chi connectivity index (χ3n) is 3.26. The molecule has 24 heavy (non-hydrogen) atoms. The molecule has 0 bridgehead atoms. The van der Waals surface area contributed by atoms with E-state index in [1.807, 2.05) is 0 Å². The molecule has 0 aliphatic carbocycles. The van der Waals surface area contributed by atoms with E-state index in [0.717, 1.165) is 0 Å². The third-order valence-corrected chi connectivity index (χ3v) is 3.76. The van der Waals surface area contributed by atoms with E-state index in [1.54, 1.807) is 0 Å². The van der Waals surface area contributed by atoms with Crippen LogP contribution in [0.3, 0.4) is 0 Å². The number of halogens is 2. The van der Waals surface area contributed by atoms with E-state index in [9.17, 15) is 14.8 Å². The van der Waals surface area contributed by atoms with Crippen LogP contribution < -0.4 is 4.90 Å². The van der Waals surface area contributed by atoms with Crippen molar-refractivity contribution >= 4 is 34.8 Å². The van der Waals surface area contributed by atoms with Crippen molar-refractivity contribution in [3.63, 3.8) is 0 Å². The van der Waals surface area contributed by atoms with E-state index in [2.05, 4.69) is 9.79 Å². The minimum atomic E-state index is -0.694. The lowest BCUT2D eigenvalue weighted by Crippen LogP contribution is -2.32. The van der Waals surface area contributed by atoms with Crippen LogP contribution in [0.5, 0.6) is 0 Å². The van der Waals surface area contributed by atoms with Gasteiger partial charge in [-0.3, -0.25) is 14.2 Å². The quantitative estimate of drug-likeness (QED) is 0.525. The van der Waals surface area contributed by atoms with Gasteiger partial charge < -0.3 is 5.21 Å². The lowest BCUT2D eigenvalue weighted by atomic mass is 10.0. The van der Waals surface area contributed by atoms with Gasteiger partial charge >= 0.3 is 0 Å². The fourth-order valence-electron chi connectivity index (χ4n) is 2.06. The summed E-state index contributed by atoms with van der Waals surface area (Å²) in [5, 5.41) is 16.1. The second-order valence-corrected chi connectivity index (χ2v) is 5.67. The molecule has 0 spiro atoms. The topological polar surface area (TPSA) is 87.1 Å². The van der Waals surface area contributed by atoms with Gasteiger partial charge in [-0.15, -0.1) is 0 Å². The van der Waals surface area contributed by atoms with Gasteiger partial charge in [-0.2, -0.15) is 0 Å². The molecule has 3 rings (SSSR count). The zero-order chi connectivity index (χ0) is 17.3. The predicted molar refractivity (Wildman–Crippen MR) is 85.2 cm³/mol. The molecule has 0 atom stereocenters. The summed E-state index contributed by atoms with van der Waals surface area (Å²) >= 11 is 11.5. The van der Waals surface area contributed by atoms with Gasteiger partial charge in [0, 0.05) is 21.2 Å². The van der Waals surface area contributed by atoms with Crippen LogP contribution in [0, 0.1) is 5.21 Å². The maximum absolute atomic E-state index is 12.5. The fraction of sp³-hybridized carbons (Fsp3) is 0. The molecule has 0 radical (unpaired) electrons. The highest BCUT2D eigenvalue weighted by atomic mass is 35.5. The Balaban J connectivity index is 2.02. The van der Waals surface area contributed by atoms with Crippen LogP contribution in [0.15, 0.2) is 53.2 Å². The first-order valence-corrected chi connectivity index (χ1v) is 7.43. The van der Waals surface area contributed by atoms with Gasteiger partial charge in [-0.1, -0.05) is 23.2 Å². The van der Waals surface area contributed by atoms with Gasteiger partial charge in [-0.05, 0) is 53.4 Å². The van der Waals surface area contributed by atoms with Gasteiger partial charge in [0.2, 0.25) is 11.6 Å². The second kappa shape index (κ2) is 6.43. The molecule has 0 saturated carbocycles. The highest BCUT2D eigenvalue weighted by Gasteiger charge is 2.33. The number of hydrogen-bond donors (Lipinski definition) is 0. The van der Waals surface area contributed by atoms with E-state index in [-0.39, 0.29) is 21.7 Å². The smallest absolute Gasteiger partial charge is 0.300 e. The van der Waals surface area contributed by atoms with Crippen LogP contribution in [-0.4, -0.2) is 16.7 Å². The van der Waals surface area contributed by atoms with Crippen molar-refractivity contribution in [2.75, 3.05) is 0 Å². The number of nitrogens with zero attached hydrogens (tertiary/aromatic N) is 2. The molecule has 1 aromatic heterocycles. The summed E-state index contributed by atoms with van der Waals surface area (Å²) < 4.78 is 4.45. The SMILES string of the molecule is O=C(c1ccc(Cl)cc1)c1no[n+]([O-])c1C(=O)c1ccc(Cl)cc1. The molecule has 2 aromatic carbocycles. The molecular formula is C16H8Cl2N2O4. The Bertz CT molecular complexity index is 918. The lowest BCUT2D eigenvalue weighted by molar-refractivity contribution is -0.803. The highest BCUT2D eigenvalue weighted by molar-refractivity contribution is 6.31. The summed E-state index contributed by atoms with van der Waals surface area (Å²) in [5.74, 6) is -1.32. The molecule has 0 saturated heterocycles. The summed E-state index contributed by atoms with van der Waals surface area (Å²) in [5.41, 5.74) is -0.458. The Hall–Kier alpha value is -2.70. The number of hydrogen-bond acceptors (Lipinski definition) is 5. The first kappa shape index (κ1) is 16.2. The first-order valence-electron chi connectivity index (χ1n) is 6.67. The van der Waals surface area contributed by atoms with Crippen molar-refractivity contribution in [1.29, 1.82) is 0 Å². The number of benzene rings is 2. The van der Waals surface area contributed by atoms with Crippen molar-refractivity contribution in [1.82, 2.24) is 5.16 Å². The summed E-state index contributed by atoms with van der Waals surface area (Å²) in [4.78, 5) is 24.9. The molecule has 1 heterocycles. The molecule has 120 valence electrons. The molecule has 0 aliphatic rings. The molecule has 3 aromatic rings. The standard InChI is InChI=1S/C16H8Cl2N2O4/c17-11-5-1-9(2-6-11)15(21)13-14(20(23)24-19-13)16(22)10-3-7-12(18)8-4-10/h1-8H. The van der Waals surface area contributed by atoms with E-state index >= 15 is 0 Å². The molecule has 0 aliphatic heterocycles. The summed E-state index contributed by atoms with van der Waals surface area (Å²) in [7, 11) is 0. The van der Waals surface area contributed by atoms with Crippen LogP contribution in [0.4, 0.5) is 0 Å². The molecular weight excluding hydrogens is 355 g/mol. The molecule has 8 heteroatoms. The average Bonchev–Trinajstić information content (AvgIpc) is 2.96. The highest BCUT2D eigenvalue weighted by Crippen LogP contribution is 2.17. The fourth-order valence-corrected chi connectivity index (χ4v) is 2.32. The molecule has 0 fully saturated rings. The number of aromatic nitrogens is 2. The van der Waals surface area contributed by atoms with Gasteiger partial charge in [0.25, 0.3) is 11.4 Å². The van der Waals surface area contributed by atoms with Crippen molar-refractivity contribution < 1.29 is 19.1 Å². The Morgan fingerprint density at radius 1 is 0.875 bits per heavy atom. The number of carbonyl (C=O) groups excluding carboxylic acids is 2. The van der Waals surface area contributed by atoms with Gasteiger partial charge in [0.05, 0.1) is 5.16 Å². The van der Waals surface area contributed by atoms with Crippen LogP contribution in [0.25, 0.3) is 0 Å². The molecule has 6 nitrogen and oxygen atoms in total. The molecule has 0 N–H and O–H groups in total. The summed E-state index contributed by atoms with van der Waals surface area (Å²) in [6.45, 7) is 0. The Labute approximate surface area is 145 Å². The zero-order valence-corrected chi connectivity index (χ0v) is 13.4. The van der Waals surface area contributed by atoms with Crippen LogP contribution in [0.1, 0.15) is 32.1 Å².